The fourth-order valence-electron chi connectivity index (χ4n) is 3.34. The quantitative estimate of drug-likeness (QED) is 0.661. The lowest BCUT2D eigenvalue weighted by atomic mass is 10.1. The molecule has 0 unspecified atom stereocenters. The topological polar surface area (TPSA) is 82.6 Å². The number of amides is 1. The predicted octanol–water partition coefficient (Wildman–Crippen LogP) is 3.32. The number of anilines is 1. The van der Waals surface area contributed by atoms with Crippen molar-refractivity contribution in [2.75, 3.05) is 38.2 Å². The van der Waals surface area contributed by atoms with Crippen LogP contribution in [0.3, 0.4) is 0 Å². The summed E-state index contributed by atoms with van der Waals surface area (Å²) in [5.74, 6) is 0.917. The number of carbonyl (C=O) groups excluding carboxylic acids is 1. The highest BCUT2D eigenvalue weighted by atomic mass is 19.1. The Balaban J connectivity index is 1.46. The van der Waals surface area contributed by atoms with Gasteiger partial charge in [-0.15, -0.1) is 0 Å². The van der Waals surface area contributed by atoms with Gasteiger partial charge in [0, 0.05) is 37.3 Å². The van der Waals surface area contributed by atoms with E-state index < -0.39 is 0 Å². The second-order valence-corrected chi connectivity index (χ2v) is 6.80. The van der Waals surface area contributed by atoms with Gasteiger partial charge in [0.1, 0.15) is 17.6 Å². The SMILES string of the molecule is COc1ccc(C(=O)N2CCN(c3oc(-c4ccc(F)cc4)nc3C#N)CC2)cc1. The Morgan fingerprint density at radius 1 is 1.10 bits per heavy atom. The molecule has 0 radical (unpaired) electrons. The number of rotatable bonds is 4. The van der Waals surface area contributed by atoms with Crippen LogP contribution in [0.2, 0.25) is 0 Å². The van der Waals surface area contributed by atoms with E-state index in [2.05, 4.69) is 11.1 Å². The normalized spacial score (nSPS) is 13.8. The highest BCUT2D eigenvalue weighted by molar-refractivity contribution is 5.94. The number of hydrogen-bond acceptors (Lipinski definition) is 6. The van der Waals surface area contributed by atoms with E-state index in [1.807, 2.05) is 4.90 Å². The monoisotopic (exact) mass is 406 g/mol. The van der Waals surface area contributed by atoms with Gasteiger partial charge >= 0.3 is 0 Å². The minimum Gasteiger partial charge on any atom is -0.497 e. The lowest BCUT2D eigenvalue weighted by Gasteiger charge is -2.34. The molecule has 0 atom stereocenters. The van der Waals surface area contributed by atoms with Crippen molar-refractivity contribution in [2.24, 2.45) is 0 Å². The van der Waals surface area contributed by atoms with Gasteiger partial charge in [0.15, 0.2) is 0 Å². The minimum atomic E-state index is -0.358. The molecule has 0 spiro atoms. The van der Waals surface area contributed by atoms with E-state index in [-0.39, 0.29) is 23.3 Å². The maximum Gasteiger partial charge on any atom is 0.253 e. The number of piperazine rings is 1. The molecule has 4 rings (SSSR count). The number of nitriles is 1. The molecule has 8 heteroatoms. The second kappa shape index (κ2) is 8.25. The average molecular weight is 406 g/mol. The zero-order valence-corrected chi connectivity index (χ0v) is 16.3. The summed E-state index contributed by atoms with van der Waals surface area (Å²) < 4.78 is 24.1. The van der Waals surface area contributed by atoms with Crippen LogP contribution in [0.4, 0.5) is 10.3 Å². The summed E-state index contributed by atoms with van der Waals surface area (Å²) in [7, 11) is 1.58. The maximum absolute atomic E-state index is 13.2. The third-order valence-electron chi connectivity index (χ3n) is 5.00. The number of methoxy groups -OCH3 is 1. The highest BCUT2D eigenvalue weighted by Crippen LogP contribution is 2.29. The Hall–Kier alpha value is -3.86. The fraction of sp³-hybridized carbons (Fsp3) is 0.227. The largest absolute Gasteiger partial charge is 0.497 e. The molecule has 2 aromatic carbocycles. The van der Waals surface area contributed by atoms with Crippen molar-refractivity contribution >= 4 is 11.8 Å². The summed E-state index contributed by atoms with van der Waals surface area (Å²) in [6.45, 7) is 1.99. The van der Waals surface area contributed by atoms with Crippen LogP contribution in [0, 0.1) is 17.1 Å². The molecule has 3 aromatic rings. The van der Waals surface area contributed by atoms with Crippen molar-refractivity contribution in [1.29, 1.82) is 5.26 Å². The zero-order valence-electron chi connectivity index (χ0n) is 16.3. The van der Waals surface area contributed by atoms with Crippen LogP contribution < -0.4 is 9.64 Å². The zero-order chi connectivity index (χ0) is 21.1. The Kier molecular flexibility index (Phi) is 5.35. The first-order valence-electron chi connectivity index (χ1n) is 9.44. The number of benzene rings is 2. The van der Waals surface area contributed by atoms with E-state index in [9.17, 15) is 14.4 Å². The molecule has 0 bridgehead atoms. The minimum absolute atomic E-state index is 0.0534. The highest BCUT2D eigenvalue weighted by Gasteiger charge is 2.27. The van der Waals surface area contributed by atoms with Crippen molar-refractivity contribution in [1.82, 2.24) is 9.88 Å². The molecule has 0 aliphatic carbocycles. The fourth-order valence-corrected chi connectivity index (χ4v) is 3.34. The van der Waals surface area contributed by atoms with Crippen molar-refractivity contribution in [3.63, 3.8) is 0 Å². The van der Waals surface area contributed by atoms with E-state index in [0.29, 0.717) is 48.9 Å². The van der Waals surface area contributed by atoms with Crippen LogP contribution in [-0.2, 0) is 0 Å². The standard InChI is InChI=1S/C22H19FN4O3/c1-29-18-8-4-16(5-9-18)21(28)26-10-12-27(13-11-26)22-19(14-24)25-20(30-22)15-2-6-17(23)7-3-15/h2-9H,10-13H2,1H3. The number of aromatic nitrogens is 1. The molecule has 2 heterocycles. The average Bonchev–Trinajstić information content (AvgIpc) is 3.24. The lowest BCUT2D eigenvalue weighted by molar-refractivity contribution is 0.0745. The summed E-state index contributed by atoms with van der Waals surface area (Å²) >= 11 is 0. The number of hydrogen-bond donors (Lipinski definition) is 0. The van der Waals surface area contributed by atoms with E-state index in [4.69, 9.17) is 9.15 Å². The van der Waals surface area contributed by atoms with Crippen LogP contribution in [0.15, 0.2) is 52.9 Å². The molecule has 1 aromatic heterocycles. The van der Waals surface area contributed by atoms with E-state index in [1.165, 1.54) is 12.1 Å². The van der Waals surface area contributed by atoms with Crippen molar-refractivity contribution in [3.8, 4) is 23.3 Å². The van der Waals surface area contributed by atoms with Gasteiger partial charge in [-0.2, -0.15) is 10.2 Å². The summed E-state index contributed by atoms with van der Waals surface area (Å²) in [5, 5.41) is 9.45. The van der Waals surface area contributed by atoms with Crippen LogP contribution >= 0.6 is 0 Å². The first-order chi connectivity index (χ1) is 14.6. The molecular formula is C22H19FN4O3. The third kappa shape index (κ3) is 3.82. The van der Waals surface area contributed by atoms with Crippen LogP contribution in [0.1, 0.15) is 16.1 Å². The van der Waals surface area contributed by atoms with E-state index in [1.54, 1.807) is 48.4 Å². The Morgan fingerprint density at radius 3 is 2.37 bits per heavy atom. The van der Waals surface area contributed by atoms with Gasteiger partial charge in [0.2, 0.25) is 17.5 Å². The smallest absolute Gasteiger partial charge is 0.253 e. The molecule has 7 nitrogen and oxygen atoms in total. The van der Waals surface area contributed by atoms with Crippen molar-refractivity contribution in [2.45, 2.75) is 0 Å². The molecule has 1 aliphatic heterocycles. The summed E-state index contributed by atoms with van der Waals surface area (Å²) in [4.78, 5) is 20.6. The van der Waals surface area contributed by atoms with Gasteiger partial charge in [0.05, 0.1) is 7.11 Å². The maximum atomic E-state index is 13.2. The predicted molar refractivity (Wildman–Crippen MR) is 108 cm³/mol. The van der Waals surface area contributed by atoms with Gasteiger partial charge in [-0.05, 0) is 48.5 Å². The first-order valence-corrected chi connectivity index (χ1v) is 9.44. The second-order valence-electron chi connectivity index (χ2n) is 6.80. The molecule has 1 fully saturated rings. The van der Waals surface area contributed by atoms with Gasteiger partial charge in [-0.3, -0.25) is 4.79 Å². The summed E-state index contributed by atoms with van der Waals surface area (Å²) in [6, 6.07) is 14.8. The lowest BCUT2D eigenvalue weighted by Crippen LogP contribution is -2.48. The molecule has 1 amide bonds. The Bertz CT molecular complexity index is 1080. The number of halogens is 1. The molecule has 30 heavy (non-hydrogen) atoms. The van der Waals surface area contributed by atoms with Gasteiger partial charge in [-0.1, -0.05) is 0 Å². The number of carbonyl (C=O) groups is 1. The Morgan fingerprint density at radius 2 is 1.77 bits per heavy atom. The van der Waals surface area contributed by atoms with Crippen LogP contribution in [-0.4, -0.2) is 49.1 Å². The van der Waals surface area contributed by atoms with E-state index in [0.717, 1.165) is 0 Å². The number of nitrogens with zero attached hydrogens (tertiary/aromatic N) is 4. The molecule has 0 N–H and O–H groups in total. The molecule has 152 valence electrons. The number of ether oxygens (including phenoxy) is 1. The molecular weight excluding hydrogens is 387 g/mol. The molecule has 1 saturated heterocycles. The van der Waals surface area contributed by atoms with Crippen LogP contribution in [0.25, 0.3) is 11.5 Å². The van der Waals surface area contributed by atoms with Gasteiger partial charge in [0.25, 0.3) is 5.91 Å². The van der Waals surface area contributed by atoms with Gasteiger partial charge in [-0.25, -0.2) is 4.39 Å². The summed E-state index contributed by atoms with van der Waals surface area (Å²) in [5.41, 5.74) is 1.36. The summed E-state index contributed by atoms with van der Waals surface area (Å²) in [6.07, 6.45) is 0. The van der Waals surface area contributed by atoms with Gasteiger partial charge < -0.3 is 19.0 Å². The van der Waals surface area contributed by atoms with Crippen molar-refractivity contribution < 1.29 is 18.3 Å². The first kappa shape index (κ1) is 19.5. The number of oxazole rings is 1. The molecule has 0 saturated carbocycles. The third-order valence-corrected chi connectivity index (χ3v) is 5.00. The van der Waals surface area contributed by atoms with Crippen LogP contribution in [0.5, 0.6) is 5.75 Å². The molecule has 1 aliphatic rings. The van der Waals surface area contributed by atoms with Crippen molar-refractivity contribution in [3.05, 3.63) is 65.6 Å². The van der Waals surface area contributed by atoms with E-state index >= 15 is 0 Å². The Labute approximate surface area is 172 Å².